The third kappa shape index (κ3) is 3.06. The molecule has 72 valence electrons. The van der Waals surface area contributed by atoms with Gasteiger partial charge in [-0.15, -0.1) is 0 Å². The minimum atomic E-state index is -1.65. The molecule has 0 aliphatic rings. The molecule has 1 aromatic rings. The molecule has 0 aliphatic carbocycles. The van der Waals surface area contributed by atoms with Crippen LogP contribution in [-0.4, -0.2) is 8.32 Å². The quantitative estimate of drug-likeness (QED) is 0.587. The van der Waals surface area contributed by atoms with Gasteiger partial charge in [-0.1, -0.05) is 0 Å². The summed E-state index contributed by atoms with van der Waals surface area (Å²) in [5.41, 5.74) is 5.49. The predicted octanol–water partition coefficient (Wildman–Crippen LogP) is 2.62. The van der Waals surface area contributed by atoms with E-state index in [1.807, 2.05) is 19.6 Å². The lowest BCUT2D eigenvalue weighted by Crippen LogP contribution is -2.29. The fraction of sp³-hybridized carbons (Fsp3) is 0.333. The molecule has 0 aromatic heterocycles. The maximum absolute atomic E-state index is 13.0. The van der Waals surface area contributed by atoms with Crippen molar-refractivity contribution in [1.82, 2.24) is 0 Å². The Morgan fingerprint density at radius 3 is 2.38 bits per heavy atom. The van der Waals surface area contributed by atoms with Crippen LogP contribution in [0, 0.1) is 5.82 Å². The number of halogens is 1. The second-order valence-electron chi connectivity index (χ2n) is 3.90. The zero-order valence-corrected chi connectivity index (χ0v) is 9.10. The average Bonchev–Trinajstić information content (AvgIpc) is 1.94. The monoisotopic (exact) mass is 199 g/mol. The summed E-state index contributed by atoms with van der Waals surface area (Å²) >= 11 is 0. The summed E-state index contributed by atoms with van der Waals surface area (Å²) in [5.74, 6) is 0.140. The summed E-state index contributed by atoms with van der Waals surface area (Å²) in [4.78, 5) is 0. The number of hydrogen-bond acceptors (Lipinski definition) is 2. The van der Waals surface area contributed by atoms with Crippen LogP contribution in [0.5, 0.6) is 5.75 Å². The Morgan fingerprint density at radius 2 is 1.92 bits per heavy atom. The summed E-state index contributed by atoms with van der Waals surface area (Å²) < 4.78 is 18.5. The van der Waals surface area contributed by atoms with Gasteiger partial charge in [-0.3, -0.25) is 0 Å². The van der Waals surface area contributed by atoms with E-state index < -0.39 is 14.1 Å². The van der Waals surface area contributed by atoms with E-state index in [1.54, 1.807) is 6.07 Å². The molecule has 0 amide bonds. The van der Waals surface area contributed by atoms with E-state index in [4.69, 9.17) is 10.2 Å². The highest BCUT2D eigenvalue weighted by atomic mass is 28.4. The molecule has 13 heavy (non-hydrogen) atoms. The summed E-state index contributed by atoms with van der Waals surface area (Å²) in [6.07, 6.45) is 0. The van der Waals surface area contributed by atoms with Crippen LogP contribution in [-0.2, 0) is 0 Å². The molecule has 0 aliphatic heterocycles. The lowest BCUT2D eigenvalue weighted by atomic mass is 10.3. The zero-order chi connectivity index (χ0) is 10.1. The fourth-order valence-electron chi connectivity index (χ4n) is 0.925. The second kappa shape index (κ2) is 3.37. The van der Waals surface area contributed by atoms with Gasteiger partial charge in [-0.05, 0) is 31.8 Å². The molecule has 0 fully saturated rings. The second-order valence-corrected chi connectivity index (χ2v) is 8.33. The van der Waals surface area contributed by atoms with Gasteiger partial charge in [-0.25, -0.2) is 4.39 Å². The highest BCUT2D eigenvalue weighted by molar-refractivity contribution is 6.70. The maximum atomic E-state index is 13.0. The Labute approximate surface area is 78.6 Å². The van der Waals surface area contributed by atoms with Crippen LogP contribution in [0.1, 0.15) is 0 Å². The van der Waals surface area contributed by atoms with Crippen LogP contribution in [0.2, 0.25) is 19.6 Å². The Bertz CT molecular complexity index is 309. The van der Waals surface area contributed by atoms with Crippen LogP contribution in [0.4, 0.5) is 10.1 Å². The fourth-order valence-corrected chi connectivity index (χ4v) is 1.76. The van der Waals surface area contributed by atoms with Crippen molar-refractivity contribution >= 4 is 14.0 Å². The molecule has 0 saturated heterocycles. The molecule has 0 bridgehead atoms. The summed E-state index contributed by atoms with van der Waals surface area (Å²) in [6.45, 7) is 6.13. The topological polar surface area (TPSA) is 35.2 Å². The standard InChI is InChI=1S/C9H14FNOSi/c1-13(2,3)12-7-4-5-9(11)8(10)6-7/h4-6H,11H2,1-3H3. The third-order valence-electron chi connectivity index (χ3n) is 1.40. The SMILES string of the molecule is C[Si](C)(C)Oc1ccc(N)c(F)c1. The molecule has 0 radical (unpaired) electrons. The van der Waals surface area contributed by atoms with Crippen LogP contribution in [0.3, 0.4) is 0 Å². The Kier molecular flexibility index (Phi) is 2.61. The van der Waals surface area contributed by atoms with Crippen molar-refractivity contribution in [3.8, 4) is 5.75 Å². The molecular weight excluding hydrogens is 185 g/mol. The maximum Gasteiger partial charge on any atom is 0.242 e. The molecule has 2 nitrogen and oxygen atoms in total. The molecule has 1 rings (SSSR count). The van der Waals surface area contributed by atoms with E-state index in [-0.39, 0.29) is 5.69 Å². The number of rotatable bonds is 2. The van der Waals surface area contributed by atoms with Crippen molar-refractivity contribution in [2.45, 2.75) is 19.6 Å². The van der Waals surface area contributed by atoms with Gasteiger partial charge in [0.2, 0.25) is 8.32 Å². The van der Waals surface area contributed by atoms with Gasteiger partial charge in [0.05, 0.1) is 5.69 Å². The highest BCUT2D eigenvalue weighted by Gasteiger charge is 2.16. The minimum absolute atomic E-state index is 0.155. The van der Waals surface area contributed by atoms with E-state index in [9.17, 15) is 4.39 Å². The van der Waals surface area contributed by atoms with E-state index >= 15 is 0 Å². The summed E-state index contributed by atoms with van der Waals surface area (Å²) in [5, 5.41) is 0. The Morgan fingerprint density at radius 1 is 1.31 bits per heavy atom. The first kappa shape index (κ1) is 10.1. The molecule has 1 aromatic carbocycles. The van der Waals surface area contributed by atoms with Crippen LogP contribution in [0.25, 0.3) is 0 Å². The van der Waals surface area contributed by atoms with Gasteiger partial charge in [0.1, 0.15) is 11.6 Å². The van der Waals surface area contributed by atoms with Crippen molar-refractivity contribution < 1.29 is 8.82 Å². The van der Waals surface area contributed by atoms with Crippen LogP contribution in [0.15, 0.2) is 18.2 Å². The lowest BCUT2D eigenvalue weighted by Gasteiger charge is -2.19. The first-order valence-corrected chi connectivity index (χ1v) is 7.53. The van der Waals surface area contributed by atoms with Gasteiger partial charge in [0, 0.05) is 6.07 Å². The minimum Gasteiger partial charge on any atom is -0.544 e. The predicted molar refractivity (Wildman–Crippen MR) is 54.8 cm³/mol. The van der Waals surface area contributed by atoms with E-state index in [1.165, 1.54) is 12.1 Å². The Balaban J connectivity index is 2.86. The van der Waals surface area contributed by atoms with E-state index in [2.05, 4.69) is 0 Å². The number of anilines is 1. The van der Waals surface area contributed by atoms with Gasteiger partial charge in [0.15, 0.2) is 0 Å². The molecule has 0 spiro atoms. The van der Waals surface area contributed by atoms with Crippen molar-refractivity contribution in [2.24, 2.45) is 0 Å². The third-order valence-corrected chi connectivity index (χ3v) is 2.24. The van der Waals surface area contributed by atoms with Crippen molar-refractivity contribution in [3.63, 3.8) is 0 Å². The van der Waals surface area contributed by atoms with Crippen LogP contribution >= 0.6 is 0 Å². The first-order chi connectivity index (χ1) is 5.88. The number of nitrogen functional groups attached to an aromatic ring is 1. The lowest BCUT2D eigenvalue weighted by molar-refractivity contribution is 0.546. The van der Waals surface area contributed by atoms with E-state index in [0.29, 0.717) is 5.75 Å². The molecule has 0 heterocycles. The number of nitrogens with two attached hydrogens (primary N) is 1. The summed E-state index contributed by atoms with van der Waals surface area (Å²) in [6, 6.07) is 4.54. The molecule has 4 heteroatoms. The molecule has 0 atom stereocenters. The molecular formula is C9H14FNOSi. The first-order valence-electron chi connectivity index (χ1n) is 4.12. The van der Waals surface area contributed by atoms with Crippen molar-refractivity contribution in [1.29, 1.82) is 0 Å². The normalized spacial score (nSPS) is 11.4. The highest BCUT2D eigenvalue weighted by Crippen LogP contribution is 2.20. The van der Waals surface area contributed by atoms with Gasteiger partial charge >= 0.3 is 0 Å². The van der Waals surface area contributed by atoms with Gasteiger partial charge in [-0.2, -0.15) is 0 Å². The zero-order valence-electron chi connectivity index (χ0n) is 8.10. The van der Waals surface area contributed by atoms with Gasteiger partial charge < -0.3 is 10.2 Å². The van der Waals surface area contributed by atoms with Crippen molar-refractivity contribution in [2.75, 3.05) is 5.73 Å². The summed E-state index contributed by atoms with van der Waals surface area (Å²) in [7, 11) is -1.65. The van der Waals surface area contributed by atoms with E-state index in [0.717, 1.165) is 0 Å². The molecule has 2 N–H and O–H groups in total. The smallest absolute Gasteiger partial charge is 0.242 e. The van der Waals surface area contributed by atoms with Crippen LogP contribution < -0.4 is 10.2 Å². The number of benzene rings is 1. The average molecular weight is 199 g/mol. The number of hydrogen-bond donors (Lipinski definition) is 1. The Hall–Kier alpha value is -1.03. The van der Waals surface area contributed by atoms with Crippen molar-refractivity contribution in [3.05, 3.63) is 24.0 Å². The van der Waals surface area contributed by atoms with Gasteiger partial charge in [0.25, 0.3) is 0 Å². The largest absolute Gasteiger partial charge is 0.544 e. The molecule has 0 saturated carbocycles. The molecule has 0 unspecified atom stereocenters.